The fraction of sp³-hybridized carbons (Fsp3) is 1.00. The minimum Gasteiger partial charge on any atom is -0.385 e. The van der Waals surface area contributed by atoms with Crippen molar-refractivity contribution < 1.29 is 9.47 Å². The Morgan fingerprint density at radius 1 is 1.28 bits per heavy atom. The summed E-state index contributed by atoms with van der Waals surface area (Å²) in [5.74, 6) is 1.14. The van der Waals surface area contributed by atoms with Gasteiger partial charge in [0, 0.05) is 57.0 Å². The van der Waals surface area contributed by atoms with Crippen molar-refractivity contribution in [2.45, 2.75) is 30.6 Å². The second-order valence-electron chi connectivity index (χ2n) is 5.08. The first-order valence-corrected chi connectivity index (χ1v) is 7.78. The van der Waals surface area contributed by atoms with Crippen molar-refractivity contribution in [3.8, 4) is 0 Å². The van der Waals surface area contributed by atoms with Crippen molar-refractivity contribution in [3.05, 3.63) is 0 Å². The SMILES string of the molecule is COCCCN(CCOC)C1(CN)CSC(C)C1. The molecule has 1 saturated heterocycles. The highest BCUT2D eigenvalue weighted by atomic mass is 32.2. The quantitative estimate of drug-likeness (QED) is 0.641. The molecule has 2 unspecified atom stereocenters. The molecule has 0 bridgehead atoms. The van der Waals surface area contributed by atoms with Crippen molar-refractivity contribution in [1.82, 2.24) is 4.90 Å². The van der Waals surface area contributed by atoms with Gasteiger partial charge in [0.25, 0.3) is 0 Å². The van der Waals surface area contributed by atoms with E-state index in [0.717, 1.165) is 45.0 Å². The van der Waals surface area contributed by atoms with Gasteiger partial charge in [0.1, 0.15) is 0 Å². The fourth-order valence-corrected chi connectivity index (χ4v) is 4.07. The van der Waals surface area contributed by atoms with Gasteiger partial charge in [0.05, 0.1) is 6.61 Å². The Bertz CT molecular complexity index is 231. The molecule has 18 heavy (non-hydrogen) atoms. The second-order valence-corrected chi connectivity index (χ2v) is 6.51. The molecule has 0 aromatic heterocycles. The van der Waals surface area contributed by atoms with Crippen LogP contribution in [0, 0.1) is 0 Å². The summed E-state index contributed by atoms with van der Waals surface area (Å²) in [4.78, 5) is 2.52. The summed E-state index contributed by atoms with van der Waals surface area (Å²) >= 11 is 2.04. The lowest BCUT2D eigenvalue weighted by Gasteiger charge is -2.40. The van der Waals surface area contributed by atoms with Gasteiger partial charge >= 0.3 is 0 Å². The minimum atomic E-state index is 0.163. The van der Waals surface area contributed by atoms with Crippen molar-refractivity contribution >= 4 is 11.8 Å². The van der Waals surface area contributed by atoms with Crippen LogP contribution in [0.15, 0.2) is 0 Å². The van der Waals surface area contributed by atoms with Crippen LogP contribution in [0.5, 0.6) is 0 Å². The zero-order chi connectivity index (χ0) is 13.4. The van der Waals surface area contributed by atoms with Gasteiger partial charge in [-0.05, 0) is 12.8 Å². The number of nitrogens with zero attached hydrogens (tertiary/aromatic N) is 1. The van der Waals surface area contributed by atoms with Gasteiger partial charge in [0.15, 0.2) is 0 Å². The highest BCUT2D eigenvalue weighted by molar-refractivity contribution is 8.00. The summed E-state index contributed by atoms with van der Waals surface area (Å²) in [6, 6.07) is 0. The van der Waals surface area contributed by atoms with E-state index in [9.17, 15) is 0 Å². The van der Waals surface area contributed by atoms with Crippen molar-refractivity contribution in [2.24, 2.45) is 5.73 Å². The molecule has 2 atom stereocenters. The van der Waals surface area contributed by atoms with Crippen molar-refractivity contribution in [2.75, 3.05) is 52.8 Å². The summed E-state index contributed by atoms with van der Waals surface area (Å²) in [5, 5.41) is 0.709. The number of hydrogen-bond donors (Lipinski definition) is 1. The lowest BCUT2D eigenvalue weighted by molar-refractivity contribution is 0.0632. The van der Waals surface area contributed by atoms with Crippen LogP contribution in [0.25, 0.3) is 0 Å². The molecule has 5 heteroatoms. The first kappa shape index (κ1) is 16.2. The van der Waals surface area contributed by atoms with Gasteiger partial charge in [-0.1, -0.05) is 6.92 Å². The molecule has 1 aliphatic rings. The average molecular weight is 276 g/mol. The monoisotopic (exact) mass is 276 g/mol. The Hall–Kier alpha value is 0.190. The van der Waals surface area contributed by atoms with Crippen LogP contribution in [0.2, 0.25) is 0 Å². The third kappa shape index (κ3) is 4.38. The molecule has 0 aliphatic carbocycles. The van der Waals surface area contributed by atoms with Gasteiger partial charge in [-0.2, -0.15) is 11.8 Å². The fourth-order valence-electron chi connectivity index (χ4n) is 2.63. The molecule has 1 aliphatic heterocycles. The summed E-state index contributed by atoms with van der Waals surface area (Å²) in [5.41, 5.74) is 6.24. The van der Waals surface area contributed by atoms with Gasteiger partial charge in [-0.15, -0.1) is 0 Å². The van der Waals surface area contributed by atoms with E-state index in [0.29, 0.717) is 5.25 Å². The first-order chi connectivity index (χ1) is 8.68. The Labute approximate surface area is 116 Å². The first-order valence-electron chi connectivity index (χ1n) is 6.73. The number of hydrogen-bond acceptors (Lipinski definition) is 5. The molecule has 2 N–H and O–H groups in total. The molecule has 4 nitrogen and oxygen atoms in total. The molecule has 108 valence electrons. The summed E-state index contributed by atoms with van der Waals surface area (Å²) in [7, 11) is 3.51. The van der Waals surface area contributed by atoms with Crippen LogP contribution in [0.1, 0.15) is 19.8 Å². The Balaban J connectivity index is 2.59. The van der Waals surface area contributed by atoms with E-state index >= 15 is 0 Å². The number of nitrogens with two attached hydrogens (primary N) is 1. The number of thioether (sulfide) groups is 1. The molecule has 1 fully saturated rings. The largest absolute Gasteiger partial charge is 0.385 e. The van der Waals surface area contributed by atoms with E-state index in [-0.39, 0.29) is 5.54 Å². The normalized spacial score (nSPS) is 28.2. The van der Waals surface area contributed by atoms with Crippen molar-refractivity contribution in [1.29, 1.82) is 0 Å². The molecule has 0 radical (unpaired) electrons. The molecule has 0 spiro atoms. The van der Waals surface area contributed by atoms with Crippen LogP contribution < -0.4 is 5.73 Å². The predicted octanol–water partition coefficient (Wildman–Crippen LogP) is 1.19. The van der Waals surface area contributed by atoms with Gasteiger partial charge in [-0.25, -0.2) is 0 Å². The second kappa shape index (κ2) is 8.38. The Morgan fingerprint density at radius 2 is 2.00 bits per heavy atom. The van der Waals surface area contributed by atoms with Crippen molar-refractivity contribution in [3.63, 3.8) is 0 Å². The topological polar surface area (TPSA) is 47.7 Å². The predicted molar refractivity (Wildman–Crippen MR) is 78.3 cm³/mol. The lowest BCUT2D eigenvalue weighted by atomic mass is 9.93. The molecule has 0 aromatic carbocycles. The van der Waals surface area contributed by atoms with E-state index in [1.807, 2.05) is 11.8 Å². The van der Waals surface area contributed by atoms with E-state index in [2.05, 4.69) is 11.8 Å². The van der Waals surface area contributed by atoms with Crippen LogP contribution >= 0.6 is 11.8 Å². The van der Waals surface area contributed by atoms with Gasteiger partial charge in [0.2, 0.25) is 0 Å². The summed E-state index contributed by atoms with van der Waals surface area (Å²) < 4.78 is 10.4. The van der Waals surface area contributed by atoms with E-state index in [4.69, 9.17) is 15.2 Å². The summed E-state index contributed by atoms with van der Waals surface area (Å²) in [6.45, 7) is 6.62. The third-order valence-corrected chi connectivity index (χ3v) is 5.14. The zero-order valence-electron chi connectivity index (χ0n) is 12.0. The summed E-state index contributed by atoms with van der Waals surface area (Å²) in [6.07, 6.45) is 2.24. The van der Waals surface area contributed by atoms with E-state index < -0.39 is 0 Å². The molecule has 0 amide bonds. The molecule has 1 heterocycles. The van der Waals surface area contributed by atoms with Gasteiger partial charge in [-0.3, -0.25) is 4.90 Å². The van der Waals surface area contributed by atoms with Crippen LogP contribution in [0.3, 0.4) is 0 Å². The minimum absolute atomic E-state index is 0.163. The zero-order valence-corrected chi connectivity index (χ0v) is 12.8. The standard InChI is InChI=1S/C13H28N2O2S/c1-12-9-13(10-14,11-18-12)15(6-8-17-3)5-4-7-16-2/h12H,4-11,14H2,1-3H3. The number of methoxy groups -OCH3 is 2. The van der Waals surface area contributed by atoms with E-state index in [1.165, 1.54) is 6.42 Å². The lowest BCUT2D eigenvalue weighted by Crippen LogP contribution is -2.55. The Morgan fingerprint density at radius 3 is 2.50 bits per heavy atom. The third-order valence-electron chi connectivity index (χ3n) is 3.70. The molecular formula is C13H28N2O2S. The Kier molecular flexibility index (Phi) is 7.56. The molecular weight excluding hydrogens is 248 g/mol. The van der Waals surface area contributed by atoms with Gasteiger partial charge < -0.3 is 15.2 Å². The molecule has 0 aromatic rings. The molecule has 0 saturated carbocycles. The average Bonchev–Trinajstić information content (AvgIpc) is 2.76. The number of rotatable bonds is 9. The highest BCUT2D eigenvalue weighted by Crippen LogP contribution is 2.38. The maximum Gasteiger partial charge on any atom is 0.0589 e. The van der Waals surface area contributed by atoms with Crippen LogP contribution in [-0.4, -0.2) is 68.5 Å². The highest BCUT2D eigenvalue weighted by Gasteiger charge is 2.41. The maximum atomic E-state index is 6.08. The van der Waals surface area contributed by atoms with Crippen LogP contribution in [0.4, 0.5) is 0 Å². The van der Waals surface area contributed by atoms with Crippen LogP contribution in [-0.2, 0) is 9.47 Å². The number of ether oxygens (including phenoxy) is 2. The molecule has 1 rings (SSSR count). The van der Waals surface area contributed by atoms with E-state index in [1.54, 1.807) is 14.2 Å². The maximum absolute atomic E-state index is 6.08. The smallest absolute Gasteiger partial charge is 0.0589 e.